The predicted octanol–water partition coefficient (Wildman–Crippen LogP) is 4.19. The zero-order valence-electron chi connectivity index (χ0n) is 18.6. The van der Waals surface area contributed by atoms with Crippen LogP contribution in [0.4, 0.5) is 5.95 Å². The van der Waals surface area contributed by atoms with Crippen molar-refractivity contribution in [3.05, 3.63) is 52.8 Å². The second-order valence-corrected chi connectivity index (χ2v) is 8.90. The Labute approximate surface area is 176 Å². The van der Waals surface area contributed by atoms with Gasteiger partial charge >= 0.3 is 0 Å². The molecule has 7 nitrogen and oxygen atoms in total. The van der Waals surface area contributed by atoms with Crippen LogP contribution >= 0.6 is 0 Å². The third-order valence-electron chi connectivity index (χ3n) is 4.93. The Morgan fingerprint density at radius 1 is 1.07 bits per heavy atom. The molecule has 0 aliphatic carbocycles. The number of aromatic nitrogens is 3. The van der Waals surface area contributed by atoms with Crippen LogP contribution in [0.3, 0.4) is 0 Å². The number of hydrogen-bond acceptors (Lipinski definition) is 4. The summed E-state index contributed by atoms with van der Waals surface area (Å²) in [6.45, 7) is 13.9. The molecule has 158 valence electrons. The molecule has 0 aliphatic heterocycles. The van der Waals surface area contributed by atoms with E-state index in [1.54, 1.807) is 18.5 Å². The second-order valence-electron chi connectivity index (χ2n) is 8.90. The quantitative estimate of drug-likeness (QED) is 0.679. The summed E-state index contributed by atoms with van der Waals surface area (Å²) in [5.74, 6) is -0.247. The van der Waals surface area contributed by atoms with Crippen LogP contribution in [0.25, 0.3) is 11.0 Å². The van der Waals surface area contributed by atoms with Crippen molar-refractivity contribution in [2.45, 2.75) is 60.0 Å². The molecule has 2 amide bonds. The van der Waals surface area contributed by atoms with Gasteiger partial charge in [0, 0.05) is 29.5 Å². The van der Waals surface area contributed by atoms with Crippen LogP contribution in [0.15, 0.2) is 30.6 Å². The normalized spacial score (nSPS) is 11.7. The molecule has 1 aromatic carbocycles. The number of carbonyl (C=O) groups is 2. The number of hydrogen-bond donors (Lipinski definition) is 2. The van der Waals surface area contributed by atoms with Gasteiger partial charge in [-0.15, -0.1) is 0 Å². The first-order valence-electron chi connectivity index (χ1n) is 10.1. The van der Waals surface area contributed by atoms with Gasteiger partial charge in [-0.05, 0) is 71.7 Å². The summed E-state index contributed by atoms with van der Waals surface area (Å²) in [7, 11) is 0. The SMILES string of the molecule is Cc1ccc(C(=O)Nc2ncc3c(C(=O)NC(C)C)cn(C(C)(C)C)c3n2)cc1C. The first kappa shape index (κ1) is 21.5. The Balaban J connectivity index is 2.01. The fourth-order valence-corrected chi connectivity index (χ4v) is 3.16. The maximum atomic E-state index is 12.7. The monoisotopic (exact) mass is 407 g/mol. The second kappa shape index (κ2) is 7.89. The van der Waals surface area contributed by atoms with E-state index in [-0.39, 0.29) is 29.3 Å². The lowest BCUT2D eigenvalue weighted by atomic mass is 10.1. The van der Waals surface area contributed by atoms with E-state index in [1.165, 1.54) is 0 Å². The highest BCUT2D eigenvalue weighted by Crippen LogP contribution is 2.27. The highest BCUT2D eigenvalue weighted by molar-refractivity contribution is 6.07. The summed E-state index contributed by atoms with van der Waals surface area (Å²) in [6, 6.07) is 5.55. The van der Waals surface area contributed by atoms with Crippen LogP contribution in [0.2, 0.25) is 0 Å². The molecule has 0 saturated carbocycles. The van der Waals surface area contributed by atoms with Gasteiger partial charge in [0.05, 0.1) is 10.9 Å². The maximum Gasteiger partial charge on any atom is 0.258 e. The topological polar surface area (TPSA) is 88.9 Å². The van der Waals surface area contributed by atoms with Gasteiger partial charge in [-0.2, -0.15) is 4.98 Å². The number of aryl methyl sites for hydroxylation is 2. The molecule has 30 heavy (non-hydrogen) atoms. The van der Waals surface area contributed by atoms with Crippen molar-refractivity contribution in [2.24, 2.45) is 0 Å². The van der Waals surface area contributed by atoms with Gasteiger partial charge in [-0.25, -0.2) is 4.98 Å². The first-order valence-corrected chi connectivity index (χ1v) is 10.1. The largest absolute Gasteiger partial charge is 0.350 e. The fourth-order valence-electron chi connectivity index (χ4n) is 3.16. The van der Waals surface area contributed by atoms with Crippen molar-refractivity contribution in [1.82, 2.24) is 19.9 Å². The summed E-state index contributed by atoms with van der Waals surface area (Å²) >= 11 is 0. The zero-order valence-corrected chi connectivity index (χ0v) is 18.6. The Morgan fingerprint density at radius 3 is 2.37 bits per heavy atom. The molecule has 0 radical (unpaired) electrons. The average Bonchev–Trinajstić information content (AvgIpc) is 3.02. The summed E-state index contributed by atoms with van der Waals surface area (Å²) in [5, 5.41) is 6.33. The molecular weight excluding hydrogens is 378 g/mol. The van der Waals surface area contributed by atoms with Crippen molar-refractivity contribution < 1.29 is 9.59 Å². The minimum atomic E-state index is -0.307. The van der Waals surface area contributed by atoms with Crippen LogP contribution in [0, 0.1) is 13.8 Å². The molecule has 0 unspecified atom stereocenters. The Kier molecular flexibility index (Phi) is 5.65. The Bertz CT molecular complexity index is 1120. The van der Waals surface area contributed by atoms with E-state index in [0.29, 0.717) is 22.2 Å². The molecular formula is C23H29N5O2. The fraction of sp³-hybridized carbons (Fsp3) is 0.391. The first-order chi connectivity index (χ1) is 14.0. The Hall–Kier alpha value is -3.22. The van der Waals surface area contributed by atoms with E-state index in [0.717, 1.165) is 11.1 Å². The van der Waals surface area contributed by atoms with E-state index in [1.807, 2.05) is 65.2 Å². The van der Waals surface area contributed by atoms with Crippen LogP contribution < -0.4 is 10.6 Å². The Morgan fingerprint density at radius 2 is 1.77 bits per heavy atom. The number of nitrogens with one attached hydrogen (secondary N) is 2. The number of carbonyl (C=O) groups excluding carboxylic acids is 2. The van der Waals surface area contributed by atoms with Gasteiger partial charge in [-0.3, -0.25) is 14.9 Å². The van der Waals surface area contributed by atoms with Crippen LogP contribution in [0.1, 0.15) is 66.5 Å². The average molecular weight is 408 g/mol. The number of amides is 2. The smallest absolute Gasteiger partial charge is 0.258 e. The molecule has 0 spiro atoms. The third kappa shape index (κ3) is 4.35. The lowest BCUT2D eigenvalue weighted by Gasteiger charge is -2.22. The number of rotatable bonds is 4. The molecule has 0 saturated heterocycles. The van der Waals surface area contributed by atoms with E-state index < -0.39 is 0 Å². The van der Waals surface area contributed by atoms with Gasteiger partial charge in [0.1, 0.15) is 5.65 Å². The lowest BCUT2D eigenvalue weighted by Crippen LogP contribution is -2.30. The van der Waals surface area contributed by atoms with Crippen molar-refractivity contribution in [3.63, 3.8) is 0 Å². The third-order valence-corrected chi connectivity index (χ3v) is 4.93. The number of fused-ring (bicyclic) bond motifs is 1. The number of nitrogens with zero attached hydrogens (tertiary/aromatic N) is 3. The molecule has 2 aromatic heterocycles. The molecule has 7 heteroatoms. The minimum Gasteiger partial charge on any atom is -0.350 e. The molecule has 2 N–H and O–H groups in total. The van der Waals surface area contributed by atoms with Gasteiger partial charge in [0.25, 0.3) is 11.8 Å². The van der Waals surface area contributed by atoms with Gasteiger partial charge in [0.15, 0.2) is 0 Å². The highest BCUT2D eigenvalue weighted by atomic mass is 16.2. The van der Waals surface area contributed by atoms with Gasteiger partial charge < -0.3 is 9.88 Å². The standard InChI is InChI=1S/C23H29N5O2/c1-13(2)25-21(30)18-12-28(23(5,6)7)19-17(18)11-24-22(26-19)27-20(29)16-9-8-14(3)15(4)10-16/h8-13H,1-7H3,(H,25,30)(H,24,26,27,29). The molecule has 2 heterocycles. The maximum absolute atomic E-state index is 12.7. The number of benzene rings is 1. The van der Waals surface area contributed by atoms with Crippen LogP contribution in [-0.4, -0.2) is 32.4 Å². The molecule has 0 fully saturated rings. The summed E-state index contributed by atoms with van der Waals surface area (Å²) in [4.78, 5) is 34.2. The van der Waals surface area contributed by atoms with E-state index in [2.05, 4.69) is 20.6 Å². The van der Waals surface area contributed by atoms with E-state index in [4.69, 9.17) is 0 Å². The molecule has 0 atom stereocenters. The zero-order chi connectivity index (χ0) is 22.2. The summed E-state index contributed by atoms with van der Waals surface area (Å²) < 4.78 is 1.94. The van der Waals surface area contributed by atoms with E-state index in [9.17, 15) is 9.59 Å². The van der Waals surface area contributed by atoms with Gasteiger partial charge in [-0.1, -0.05) is 6.07 Å². The predicted molar refractivity (Wildman–Crippen MR) is 119 cm³/mol. The van der Waals surface area contributed by atoms with Crippen molar-refractivity contribution >= 4 is 28.8 Å². The van der Waals surface area contributed by atoms with Crippen LogP contribution in [0.5, 0.6) is 0 Å². The minimum absolute atomic E-state index is 0.0167. The van der Waals surface area contributed by atoms with Crippen LogP contribution in [-0.2, 0) is 5.54 Å². The summed E-state index contributed by atoms with van der Waals surface area (Å²) in [5.41, 5.74) is 3.52. The molecule has 0 aliphatic rings. The van der Waals surface area contributed by atoms with Crippen molar-refractivity contribution in [3.8, 4) is 0 Å². The molecule has 3 aromatic rings. The summed E-state index contributed by atoms with van der Waals surface area (Å²) in [6.07, 6.45) is 3.39. The lowest BCUT2D eigenvalue weighted by molar-refractivity contribution is 0.0943. The van der Waals surface area contributed by atoms with Crippen molar-refractivity contribution in [1.29, 1.82) is 0 Å². The van der Waals surface area contributed by atoms with Gasteiger partial charge in [0.2, 0.25) is 5.95 Å². The highest BCUT2D eigenvalue weighted by Gasteiger charge is 2.24. The van der Waals surface area contributed by atoms with Crippen molar-refractivity contribution in [2.75, 3.05) is 5.32 Å². The van der Waals surface area contributed by atoms with E-state index >= 15 is 0 Å². The molecule has 3 rings (SSSR count). The molecule has 0 bridgehead atoms. The number of anilines is 1.